The Labute approximate surface area is 132 Å². The highest BCUT2D eigenvalue weighted by Crippen LogP contribution is 2.26. The zero-order valence-electron chi connectivity index (χ0n) is 12.1. The van der Waals surface area contributed by atoms with Gasteiger partial charge in [-0.05, 0) is 18.2 Å². The minimum Gasteiger partial charge on any atom is -0.405 e. The third-order valence-electron chi connectivity index (χ3n) is 3.42. The standard InChI is InChI=1S/C16H11F3N2O3/c17-16(18,19)24-13-8-4-1-5-10(13)9-21-14(22)11-6-2-3-7-12(11)20-15(21)23/h1-8H,9H2,(H,20,23). The predicted octanol–water partition coefficient (Wildman–Crippen LogP) is 2.64. The number of nitrogens with zero attached hydrogens (tertiary/aromatic N) is 1. The van der Waals surface area contributed by atoms with Gasteiger partial charge in [-0.15, -0.1) is 13.2 Å². The van der Waals surface area contributed by atoms with E-state index in [-0.39, 0.29) is 17.5 Å². The lowest BCUT2D eigenvalue weighted by atomic mass is 10.2. The monoisotopic (exact) mass is 336 g/mol. The highest BCUT2D eigenvalue weighted by Gasteiger charge is 2.32. The maximum Gasteiger partial charge on any atom is 0.573 e. The summed E-state index contributed by atoms with van der Waals surface area (Å²) in [5.41, 5.74) is -0.863. The minimum atomic E-state index is -4.86. The number of fused-ring (bicyclic) bond motifs is 1. The van der Waals surface area contributed by atoms with E-state index >= 15 is 0 Å². The quantitative estimate of drug-likeness (QED) is 0.800. The predicted molar refractivity (Wildman–Crippen MR) is 81.1 cm³/mol. The molecule has 0 fully saturated rings. The lowest BCUT2D eigenvalue weighted by Crippen LogP contribution is -2.35. The lowest BCUT2D eigenvalue weighted by molar-refractivity contribution is -0.274. The van der Waals surface area contributed by atoms with E-state index in [0.717, 1.165) is 10.6 Å². The average Bonchev–Trinajstić information content (AvgIpc) is 2.51. The Morgan fingerprint density at radius 3 is 2.42 bits per heavy atom. The maximum absolute atomic E-state index is 12.5. The molecule has 0 unspecified atom stereocenters. The smallest absolute Gasteiger partial charge is 0.405 e. The van der Waals surface area contributed by atoms with Gasteiger partial charge in [0.15, 0.2) is 0 Å². The second kappa shape index (κ2) is 5.88. The summed E-state index contributed by atoms with van der Waals surface area (Å²) < 4.78 is 42.2. The number of aromatic nitrogens is 2. The van der Waals surface area contributed by atoms with E-state index in [4.69, 9.17) is 0 Å². The van der Waals surface area contributed by atoms with Crippen LogP contribution in [0.2, 0.25) is 0 Å². The number of hydrogen-bond acceptors (Lipinski definition) is 3. The molecule has 8 heteroatoms. The van der Waals surface area contributed by atoms with Gasteiger partial charge in [0, 0.05) is 5.56 Å². The summed E-state index contributed by atoms with van der Waals surface area (Å²) in [4.78, 5) is 27.1. The number of ether oxygens (including phenoxy) is 1. The van der Waals surface area contributed by atoms with E-state index in [1.807, 2.05) is 0 Å². The lowest BCUT2D eigenvalue weighted by Gasteiger charge is -2.13. The number of aromatic amines is 1. The van der Waals surface area contributed by atoms with Gasteiger partial charge in [-0.1, -0.05) is 30.3 Å². The van der Waals surface area contributed by atoms with Crippen LogP contribution in [0.5, 0.6) is 5.75 Å². The van der Waals surface area contributed by atoms with Crippen LogP contribution in [0.25, 0.3) is 10.9 Å². The second-order valence-corrected chi connectivity index (χ2v) is 5.02. The molecule has 0 bridgehead atoms. The Morgan fingerprint density at radius 2 is 1.67 bits per heavy atom. The van der Waals surface area contributed by atoms with Crippen molar-refractivity contribution in [3.63, 3.8) is 0 Å². The van der Waals surface area contributed by atoms with Gasteiger partial charge < -0.3 is 9.72 Å². The summed E-state index contributed by atoms with van der Waals surface area (Å²) in [5.74, 6) is -0.454. The van der Waals surface area contributed by atoms with E-state index in [1.165, 1.54) is 24.3 Å². The van der Waals surface area contributed by atoms with Crippen LogP contribution in [0.3, 0.4) is 0 Å². The van der Waals surface area contributed by atoms with Crippen LogP contribution in [0, 0.1) is 0 Å². The SMILES string of the molecule is O=c1[nH]c2ccccc2c(=O)n1Cc1ccccc1OC(F)(F)F. The number of halogens is 3. The number of nitrogens with one attached hydrogen (secondary N) is 1. The van der Waals surface area contributed by atoms with Gasteiger partial charge in [-0.3, -0.25) is 9.36 Å². The van der Waals surface area contributed by atoms with Crippen molar-refractivity contribution in [3.8, 4) is 5.75 Å². The molecular formula is C16H11F3N2O3. The molecule has 3 aromatic rings. The molecule has 0 aliphatic carbocycles. The third-order valence-corrected chi connectivity index (χ3v) is 3.42. The first-order valence-electron chi connectivity index (χ1n) is 6.91. The van der Waals surface area contributed by atoms with E-state index in [0.29, 0.717) is 5.52 Å². The Kier molecular flexibility index (Phi) is 3.88. The first-order valence-corrected chi connectivity index (χ1v) is 6.91. The number of hydrogen-bond donors (Lipinski definition) is 1. The zero-order chi connectivity index (χ0) is 17.3. The molecule has 3 rings (SSSR count). The van der Waals surface area contributed by atoms with Gasteiger partial charge >= 0.3 is 12.1 Å². The first kappa shape index (κ1) is 15.9. The molecule has 1 aromatic heterocycles. The van der Waals surface area contributed by atoms with Crippen LogP contribution in [-0.4, -0.2) is 15.9 Å². The van der Waals surface area contributed by atoms with Crippen molar-refractivity contribution < 1.29 is 17.9 Å². The van der Waals surface area contributed by atoms with Crippen LogP contribution in [0.4, 0.5) is 13.2 Å². The van der Waals surface area contributed by atoms with Crippen LogP contribution < -0.4 is 16.0 Å². The van der Waals surface area contributed by atoms with E-state index < -0.39 is 23.4 Å². The maximum atomic E-state index is 12.5. The first-order chi connectivity index (χ1) is 11.3. The fraction of sp³-hybridized carbons (Fsp3) is 0.125. The molecule has 2 aromatic carbocycles. The van der Waals surface area contributed by atoms with Crippen LogP contribution in [0.1, 0.15) is 5.56 Å². The minimum absolute atomic E-state index is 0.0673. The van der Waals surface area contributed by atoms with Gasteiger partial charge in [0.1, 0.15) is 5.75 Å². The van der Waals surface area contributed by atoms with Crippen LogP contribution in [0.15, 0.2) is 58.1 Å². The average molecular weight is 336 g/mol. The van der Waals surface area contributed by atoms with Crippen molar-refractivity contribution in [2.45, 2.75) is 12.9 Å². The number of H-pyrrole nitrogens is 1. The molecular weight excluding hydrogens is 325 g/mol. The highest BCUT2D eigenvalue weighted by atomic mass is 19.4. The van der Waals surface area contributed by atoms with E-state index in [1.54, 1.807) is 18.2 Å². The Hall–Kier alpha value is -3.03. The summed E-state index contributed by atoms with van der Waals surface area (Å²) >= 11 is 0. The van der Waals surface area contributed by atoms with Crippen molar-refractivity contribution in [2.24, 2.45) is 0 Å². The summed E-state index contributed by atoms with van der Waals surface area (Å²) in [7, 11) is 0. The van der Waals surface area contributed by atoms with Crippen molar-refractivity contribution >= 4 is 10.9 Å². The Bertz CT molecular complexity index is 1010. The normalized spacial score (nSPS) is 11.6. The van der Waals surface area contributed by atoms with Crippen molar-refractivity contribution in [3.05, 3.63) is 74.9 Å². The number of benzene rings is 2. The Morgan fingerprint density at radius 1 is 1.00 bits per heavy atom. The highest BCUT2D eigenvalue weighted by molar-refractivity contribution is 5.76. The molecule has 0 saturated heterocycles. The molecule has 0 spiro atoms. The molecule has 0 radical (unpaired) electrons. The van der Waals surface area contributed by atoms with Gasteiger partial charge in [0.2, 0.25) is 0 Å². The van der Waals surface area contributed by atoms with Crippen molar-refractivity contribution in [2.75, 3.05) is 0 Å². The molecule has 0 aliphatic rings. The fourth-order valence-corrected chi connectivity index (χ4v) is 2.37. The van der Waals surface area contributed by atoms with Gasteiger partial charge in [0.25, 0.3) is 5.56 Å². The second-order valence-electron chi connectivity index (χ2n) is 5.02. The molecule has 0 atom stereocenters. The Balaban J connectivity index is 2.09. The molecule has 124 valence electrons. The number of para-hydroxylation sites is 2. The summed E-state index contributed by atoms with van der Waals surface area (Å²) in [6.45, 7) is -0.342. The third kappa shape index (κ3) is 3.17. The van der Waals surface area contributed by atoms with Crippen LogP contribution in [-0.2, 0) is 6.54 Å². The fourth-order valence-electron chi connectivity index (χ4n) is 2.37. The van der Waals surface area contributed by atoms with Gasteiger partial charge in [-0.2, -0.15) is 0 Å². The molecule has 1 N–H and O–H groups in total. The summed E-state index contributed by atoms with van der Waals surface area (Å²) in [6, 6.07) is 11.8. The topological polar surface area (TPSA) is 64.1 Å². The van der Waals surface area contributed by atoms with Gasteiger partial charge in [0.05, 0.1) is 17.4 Å². The van der Waals surface area contributed by atoms with Crippen molar-refractivity contribution in [1.82, 2.24) is 9.55 Å². The molecule has 0 aliphatic heterocycles. The zero-order valence-corrected chi connectivity index (χ0v) is 12.1. The summed E-state index contributed by atoms with van der Waals surface area (Å²) in [6.07, 6.45) is -4.86. The largest absolute Gasteiger partial charge is 0.573 e. The molecule has 1 heterocycles. The van der Waals surface area contributed by atoms with E-state index in [9.17, 15) is 22.8 Å². The van der Waals surface area contributed by atoms with Crippen LogP contribution >= 0.6 is 0 Å². The van der Waals surface area contributed by atoms with E-state index in [2.05, 4.69) is 9.72 Å². The molecule has 0 amide bonds. The van der Waals surface area contributed by atoms with Gasteiger partial charge in [-0.25, -0.2) is 4.79 Å². The number of rotatable bonds is 3. The molecule has 24 heavy (non-hydrogen) atoms. The molecule has 5 nitrogen and oxygen atoms in total. The summed E-state index contributed by atoms with van der Waals surface area (Å²) in [5, 5.41) is 0.270. The van der Waals surface area contributed by atoms with Crippen molar-refractivity contribution in [1.29, 1.82) is 0 Å². The number of alkyl halides is 3. The molecule has 0 saturated carbocycles.